The molecule has 0 radical (unpaired) electrons. The molecule has 3 rings (SSSR count). The summed E-state index contributed by atoms with van der Waals surface area (Å²) in [5.41, 5.74) is 2.32. The van der Waals surface area contributed by atoms with Crippen LogP contribution in [0.5, 0.6) is 5.75 Å². The maximum atomic E-state index is 11.0. The van der Waals surface area contributed by atoms with Crippen molar-refractivity contribution in [1.82, 2.24) is 20.2 Å². The molecule has 0 saturated heterocycles. The molecule has 0 amide bonds. The Morgan fingerprint density at radius 3 is 2.71 bits per heavy atom. The zero-order chi connectivity index (χ0) is 17.1. The van der Waals surface area contributed by atoms with Gasteiger partial charge in [0.05, 0.1) is 10.6 Å². The molecule has 0 unspecified atom stereocenters. The number of nitro groups is 1. The topological polar surface area (TPSA) is 107 Å². The molecule has 2 aromatic carbocycles. The molecule has 0 spiro atoms. The number of tetrazole rings is 1. The maximum Gasteiger partial charge on any atom is 0.272 e. The fourth-order valence-corrected chi connectivity index (χ4v) is 3.15. The smallest absolute Gasteiger partial charge is 0.272 e. The van der Waals surface area contributed by atoms with Gasteiger partial charge in [-0.05, 0) is 47.2 Å². The van der Waals surface area contributed by atoms with E-state index >= 15 is 0 Å². The van der Waals surface area contributed by atoms with Crippen molar-refractivity contribution in [2.45, 2.75) is 17.8 Å². The van der Waals surface area contributed by atoms with Gasteiger partial charge in [-0.2, -0.15) is 4.68 Å². The summed E-state index contributed by atoms with van der Waals surface area (Å²) in [4.78, 5) is 10.6. The lowest BCUT2D eigenvalue weighted by Gasteiger charge is -2.07. The molecule has 0 atom stereocenters. The van der Waals surface area contributed by atoms with E-state index in [1.54, 1.807) is 41.9 Å². The Kier molecular flexibility index (Phi) is 4.43. The van der Waals surface area contributed by atoms with Crippen LogP contribution in [0.1, 0.15) is 11.1 Å². The molecule has 1 heterocycles. The molecule has 0 aliphatic carbocycles. The van der Waals surface area contributed by atoms with Gasteiger partial charge in [0.25, 0.3) is 5.69 Å². The van der Waals surface area contributed by atoms with E-state index in [1.165, 1.54) is 17.8 Å². The minimum atomic E-state index is -0.385. The Labute approximate surface area is 141 Å². The highest BCUT2D eigenvalue weighted by molar-refractivity contribution is 7.98. The lowest BCUT2D eigenvalue weighted by molar-refractivity contribution is -0.385. The predicted octanol–water partition coefficient (Wildman–Crippen LogP) is 2.88. The molecule has 3 aromatic rings. The molecular formula is C15H13N5O3S. The van der Waals surface area contributed by atoms with Crippen molar-refractivity contribution in [2.75, 3.05) is 0 Å². The van der Waals surface area contributed by atoms with Crippen molar-refractivity contribution < 1.29 is 10.0 Å². The number of phenols is 1. The Hall–Kier alpha value is -2.94. The summed E-state index contributed by atoms with van der Waals surface area (Å²) in [7, 11) is 0. The Morgan fingerprint density at radius 2 is 2.00 bits per heavy atom. The van der Waals surface area contributed by atoms with E-state index in [9.17, 15) is 15.2 Å². The van der Waals surface area contributed by atoms with Crippen LogP contribution in [0.25, 0.3) is 5.69 Å². The van der Waals surface area contributed by atoms with Crippen molar-refractivity contribution in [2.24, 2.45) is 0 Å². The number of thioether (sulfide) groups is 1. The third-order valence-corrected chi connectivity index (χ3v) is 4.47. The van der Waals surface area contributed by atoms with Gasteiger partial charge in [-0.25, -0.2) is 0 Å². The summed E-state index contributed by atoms with van der Waals surface area (Å²) in [6.45, 7) is 1.73. The van der Waals surface area contributed by atoms with Crippen LogP contribution < -0.4 is 0 Å². The van der Waals surface area contributed by atoms with E-state index < -0.39 is 0 Å². The quantitative estimate of drug-likeness (QED) is 0.431. The van der Waals surface area contributed by atoms with Crippen molar-refractivity contribution in [1.29, 1.82) is 0 Å². The third-order valence-electron chi connectivity index (χ3n) is 3.51. The van der Waals surface area contributed by atoms with Crippen molar-refractivity contribution in [3.05, 3.63) is 63.7 Å². The van der Waals surface area contributed by atoms with E-state index in [2.05, 4.69) is 15.5 Å². The molecule has 0 saturated carbocycles. The van der Waals surface area contributed by atoms with Gasteiger partial charge in [0.15, 0.2) is 0 Å². The van der Waals surface area contributed by atoms with E-state index in [1.807, 2.05) is 6.07 Å². The van der Waals surface area contributed by atoms with E-state index in [4.69, 9.17) is 0 Å². The van der Waals surface area contributed by atoms with Gasteiger partial charge in [0.2, 0.25) is 5.16 Å². The highest BCUT2D eigenvalue weighted by Gasteiger charge is 2.15. The highest BCUT2D eigenvalue weighted by Crippen LogP contribution is 2.28. The SMILES string of the molecule is Cc1c(CSc2nnnn2-c2ccc(O)cc2)cccc1[N+](=O)[O-]. The molecule has 122 valence electrons. The van der Waals surface area contributed by atoms with Crippen LogP contribution in [-0.4, -0.2) is 30.2 Å². The van der Waals surface area contributed by atoms with Crippen LogP contribution in [-0.2, 0) is 5.75 Å². The number of rotatable bonds is 5. The monoisotopic (exact) mass is 343 g/mol. The van der Waals surface area contributed by atoms with Crippen LogP contribution in [0.2, 0.25) is 0 Å². The molecule has 0 aliphatic heterocycles. The standard InChI is InChI=1S/C15H13N5O3S/c1-10-11(3-2-4-14(10)20(22)23)9-24-15-16-17-18-19(15)12-5-7-13(21)8-6-12/h2-8,21H,9H2,1H3. The third kappa shape index (κ3) is 3.20. The summed E-state index contributed by atoms with van der Waals surface area (Å²) in [6, 6.07) is 11.5. The number of nitrogens with zero attached hydrogens (tertiary/aromatic N) is 5. The zero-order valence-electron chi connectivity index (χ0n) is 12.7. The van der Waals surface area contributed by atoms with Crippen LogP contribution in [0.4, 0.5) is 5.69 Å². The predicted molar refractivity (Wildman–Crippen MR) is 88.2 cm³/mol. The number of nitro benzene ring substituents is 1. The van der Waals surface area contributed by atoms with Gasteiger partial charge in [-0.15, -0.1) is 5.10 Å². The van der Waals surface area contributed by atoms with Crippen molar-refractivity contribution in [3.63, 3.8) is 0 Å². The normalized spacial score (nSPS) is 10.7. The first-order chi connectivity index (χ1) is 11.6. The Balaban J connectivity index is 1.82. The van der Waals surface area contributed by atoms with Gasteiger partial charge in [-0.1, -0.05) is 23.9 Å². The maximum absolute atomic E-state index is 11.0. The van der Waals surface area contributed by atoms with Crippen LogP contribution >= 0.6 is 11.8 Å². The fraction of sp³-hybridized carbons (Fsp3) is 0.133. The second kappa shape index (κ2) is 6.67. The number of aromatic hydroxyl groups is 1. The molecule has 0 aliphatic rings. The molecular weight excluding hydrogens is 330 g/mol. The largest absolute Gasteiger partial charge is 0.508 e. The number of hydrogen-bond acceptors (Lipinski definition) is 7. The lowest BCUT2D eigenvalue weighted by Crippen LogP contribution is -1.99. The summed E-state index contributed by atoms with van der Waals surface area (Å²) < 4.78 is 1.55. The molecule has 24 heavy (non-hydrogen) atoms. The molecule has 0 bridgehead atoms. The van der Waals surface area contributed by atoms with E-state index in [-0.39, 0.29) is 16.4 Å². The average molecular weight is 343 g/mol. The van der Waals surface area contributed by atoms with E-state index in [0.717, 1.165) is 11.3 Å². The number of phenolic OH excluding ortho intramolecular Hbond substituents is 1. The average Bonchev–Trinajstić information content (AvgIpc) is 3.03. The van der Waals surface area contributed by atoms with Crippen LogP contribution in [0.15, 0.2) is 47.6 Å². The highest BCUT2D eigenvalue weighted by atomic mass is 32.2. The Bertz CT molecular complexity index is 879. The second-order valence-electron chi connectivity index (χ2n) is 5.00. The van der Waals surface area contributed by atoms with E-state index in [0.29, 0.717) is 16.5 Å². The van der Waals surface area contributed by atoms with Gasteiger partial charge in [0.1, 0.15) is 5.75 Å². The lowest BCUT2D eigenvalue weighted by atomic mass is 10.1. The van der Waals surface area contributed by atoms with Crippen molar-refractivity contribution in [3.8, 4) is 11.4 Å². The van der Waals surface area contributed by atoms with Gasteiger partial charge >= 0.3 is 0 Å². The van der Waals surface area contributed by atoms with Gasteiger partial charge in [0, 0.05) is 17.4 Å². The first kappa shape index (κ1) is 15.9. The molecule has 0 fully saturated rings. The molecule has 8 nitrogen and oxygen atoms in total. The molecule has 9 heteroatoms. The summed E-state index contributed by atoms with van der Waals surface area (Å²) in [5, 5.41) is 32.5. The molecule has 1 aromatic heterocycles. The number of benzene rings is 2. The number of aromatic nitrogens is 4. The summed E-state index contributed by atoms with van der Waals surface area (Å²) >= 11 is 1.38. The fourth-order valence-electron chi connectivity index (χ4n) is 2.19. The van der Waals surface area contributed by atoms with Gasteiger partial charge in [-0.3, -0.25) is 10.1 Å². The first-order valence-electron chi connectivity index (χ1n) is 6.99. The van der Waals surface area contributed by atoms with Crippen molar-refractivity contribution >= 4 is 17.4 Å². The Morgan fingerprint density at radius 1 is 1.25 bits per heavy atom. The minimum Gasteiger partial charge on any atom is -0.508 e. The van der Waals surface area contributed by atoms with Crippen LogP contribution in [0, 0.1) is 17.0 Å². The second-order valence-corrected chi connectivity index (χ2v) is 5.94. The zero-order valence-corrected chi connectivity index (χ0v) is 13.5. The summed E-state index contributed by atoms with van der Waals surface area (Å²) in [5.74, 6) is 0.666. The first-order valence-corrected chi connectivity index (χ1v) is 7.98. The number of hydrogen-bond donors (Lipinski definition) is 1. The van der Waals surface area contributed by atoms with Crippen LogP contribution in [0.3, 0.4) is 0 Å². The molecule has 1 N–H and O–H groups in total. The minimum absolute atomic E-state index is 0.103. The van der Waals surface area contributed by atoms with Gasteiger partial charge < -0.3 is 5.11 Å². The summed E-state index contributed by atoms with van der Waals surface area (Å²) in [6.07, 6.45) is 0.